The van der Waals surface area contributed by atoms with Crippen LogP contribution in [0.4, 0.5) is 5.69 Å². The molecule has 0 aliphatic carbocycles. The summed E-state index contributed by atoms with van der Waals surface area (Å²) < 4.78 is 50.2. The molecule has 1 fully saturated rings. The van der Waals surface area contributed by atoms with Gasteiger partial charge in [0, 0.05) is 17.3 Å². The Bertz CT molecular complexity index is 1120. The smallest absolute Gasteiger partial charge is 0.261 e. The topological polar surface area (TPSA) is 109 Å². The van der Waals surface area contributed by atoms with Gasteiger partial charge in [0.05, 0.1) is 26.4 Å². The SMILES string of the molecule is O=C(N[C@H]1CCS(=O)(=O)C1)c1ccc(NS(=O)(=O)c2ccc(Cl)c(Cl)c2)cc1. The van der Waals surface area contributed by atoms with Crippen LogP contribution in [0.5, 0.6) is 0 Å². The van der Waals surface area contributed by atoms with Crippen molar-refractivity contribution >= 4 is 54.7 Å². The normalized spacial score (nSPS) is 18.6. The van der Waals surface area contributed by atoms with E-state index in [4.69, 9.17) is 23.2 Å². The van der Waals surface area contributed by atoms with Crippen molar-refractivity contribution in [3.8, 4) is 0 Å². The molecular weight excluding hydrogens is 447 g/mol. The van der Waals surface area contributed by atoms with Crippen LogP contribution in [0.15, 0.2) is 47.4 Å². The fourth-order valence-corrected chi connectivity index (χ4v) is 5.85. The number of benzene rings is 2. The van der Waals surface area contributed by atoms with Gasteiger partial charge >= 0.3 is 0 Å². The van der Waals surface area contributed by atoms with Gasteiger partial charge in [-0.1, -0.05) is 23.2 Å². The number of anilines is 1. The summed E-state index contributed by atoms with van der Waals surface area (Å²) in [5.41, 5.74) is 0.549. The highest BCUT2D eigenvalue weighted by Crippen LogP contribution is 2.26. The zero-order valence-corrected chi connectivity index (χ0v) is 17.5. The highest BCUT2D eigenvalue weighted by molar-refractivity contribution is 7.92. The lowest BCUT2D eigenvalue weighted by atomic mass is 10.1. The maximum atomic E-state index is 12.4. The molecule has 0 radical (unpaired) electrons. The van der Waals surface area contributed by atoms with E-state index < -0.39 is 31.8 Å². The van der Waals surface area contributed by atoms with Crippen molar-refractivity contribution in [1.29, 1.82) is 0 Å². The van der Waals surface area contributed by atoms with Crippen LogP contribution in [-0.4, -0.2) is 40.3 Å². The molecule has 0 saturated carbocycles. The Morgan fingerprint density at radius 3 is 2.29 bits per heavy atom. The quantitative estimate of drug-likeness (QED) is 0.709. The van der Waals surface area contributed by atoms with Gasteiger partial charge in [-0.05, 0) is 48.9 Å². The molecule has 2 aromatic rings. The predicted molar refractivity (Wildman–Crippen MR) is 108 cm³/mol. The van der Waals surface area contributed by atoms with Crippen molar-refractivity contribution in [2.75, 3.05) is 16.2 Å². The van der Waals surface area contributed by atoms with E-state index in [-0.39, 0.29) is 32.1 Å². The van der Waals surface area contributed by atoms with Gasteiger partial charge in [0.1, 0.15) is 0 Å². The lowest BCUT2D eigenvalue weighted by Crippen LogP contribution is -2.35. The molecule has 3 rings (SSSR count). The van der Waals surface area contributed by atoms with Gasteiger partial charge in [0.25, 0.3) is 15.9 Å². The summed E-state index contributed by atoms with van der Waals surface area (Å²) in [7, 11) is -6.97. The van der Waals surface area contributed by atoms with Crippen LogP contribution < -0.4 is 10.0 Å². The van der Waals surface area contributed by atoms with Gasteiger partial charge in [0.2, 0.25) is 0 Å². The minimum atomic E-state index is -3.88. The highest BCUT2D eigenvalue weighted by atomic mass is 35.5. The first-order chi connectivity index (χ1) is 13.1. The van der Waals surface area contributed by atoms with Gasteiger partial charge in [0.15, 0.2) is 9.84 Å². The lowest BCUT2D eigenvalue weighted by molar-refractivity contribution is 0.0941. The standard InChI is InChI=1S/C17H16Cl2N2O5S2/c18-15-6-5-14(9-16(15)19)28(25,26)21-12-3-1-11(2-4-12)17(22)20-13-7-8-27(23,24)10-13/h1-6,9,13,21H,7-8,10H2,(H,20,22)/t13-/m0/s1. The van der Waals surface area contributed by atoms with E-state index in [9.17, 15) is 21.6 Å². The van der Waals surface area contributed by atoms with Crippen molar-refractivity contribution < 1.29 is 21.6 Å². The Morgan fingerprint density at radius 1 is 1.04 bits per heavy atom. The van der Waals surface area contributed by atoms with Crippen LogP contribution >= 0.6 is 23.2 Å². The molecule has 1 atom stereocenters. The van der Waals surface area contributed by atoms with Gasteiger partial charge in [-0.3, -0.25) is 9.52 Å². The number of carbonyl (C=O) groups excluding carboxylic acids is 1. The number of carbonyl (C=O) groups is 1. The van der Waals surface area contributed by atoms with Crippen molar-refractivity contribution in [3.63, 3.8) is 0 Å². The number of nitrogens with one attached hydrogen (secondary N) is 2. The first kappa shape index (κ1) is 20.9. The van der Waals surface area contributed by atoms with Crippen molar-refractivity contribution in [2.45, 2.75) is 17.4 Å². The minimum absolute atomic E-state index is 0.0498. The first-order valence-electron chi connectivity index (χ1n) is 8.15. The molecule has 11 heteroatoms. The molecule has 28 heavy (non-hydrogen) atoms. The average Bonchev–Trinajstić information content (AvgIpc) is 2.96. The Morgan fingerprint density at radius 2 is 1.71 bits per heavy atom. The number of sulfone groups is 1. The molecule has 2 N–H and O–H groups in total. The number of rotatable bonds is 5. The summed E-state index contributed by atoms with van der Waals surface area (Å²) in [6.07, 6.45) is 0.385. The predicted octanol–water partition coefficient (Wildman–Crippen LogP) is 2.71. The van der Waals surface area contributed by atoms with Crippen molar-refractivity contribution in [2.24, 2.45) is 0 Å². The monoisotopic (exact) mass is 462 g/mol. The largest absolute Gasteiger partial charge is 0.348 e. The third-order valence-corrected chi connectivity index (χ3v) is 8.05. The van der Waals surface area contributed by atoms with Crippen LogP contribution in [-0.2, 0) is 19.9 Å². The molecule has 1 heterocycles. The maximum Gasteiger partial charge on any atom is 0.261 e. The fourth-order valence-electron chi connectivity index (χ4n) is 2.73. The molecule has 1 aliphatic rings. The first-order valence-corrected chi connectivity index (χ1v) is 12.2. The second-order valence-electron chi connectivity index (χ2n) is 6.33. The van der Waals surface area contributed by atoms with E-state index in [1.54, 1.807) is 0 Å². The van der Waals surface area contributed by atoms with Gasteiger partial charge in [-0.15, -0.1) is 0 Å². The second kappa shape index (κ2) is 7.90. The molecule has 150 valence electrons. The summed E-state index contributed by atoms with van der Waals surface area (Å²) in [4.78, 5) is 12.2. The van der Waals surface area contributed by atoms with E-state index in [0.717, 1.165) is 0 Å². The zero-order chi connectivity index (χ0) is 20.5. The third-order valence-electron chi connectivity index (χ3n) is 4.17. The summed E-state index contributed by atoms with van der Waals surface area (Å²) >= 11 is 11.7. The molecular formula is C17H16Cl2N2O5S2. The summed E-state index contributed by atoms with van der Waals surface area (Å²) in [6.45, 7) is 0. The van der Waals surface area contributed by atoms with Crippen LogP contribution in [0.2, 0.25) is 10.0 Å². The maximum absolute atomic E-state index is 12.4. The van der Waals surface area contributed by atoms with Crippen molar-refractivity contribution in [1.82, 2.24) is 5.32 Å². The highest BCUT2D eigenvalue weighted by Gasteiger charge is 2.29. The Labute approximate surface area is 173 Å². The van der Waals surface area contributed by atoms with E-state index in [1.165, 1.54) is 42.5 Å². The van der Waals surface area contributed by atoms with Crippen molar-refractivity contribution in [3.05, 3.63) is 58.1 Å². The third kappa shape index (κ3) is 4.96. The number of amides is 1. The molecule has 2 aromatic carbocycles. The molecule has 1 aliphatic heterocycles. The van der Waals surface area contributed by atoms with Gasteiger partial charge in [-0.25, -0.2) is 16.8 Å². The Balaban J connectivity index is 1.68. The summed E-state index contributed by atoms with van der Waals surface area (Å²) in [6, 6.07) is 9.32. The summed E-state index contributed by atoms with van der Waals surface area (Å²) in [5.74, 6) is -0.422. The Hall–Kier alpha value is -1.81. The van der Waals surface area contributed by atoms with Crippen LogP contribution in [0.3, 0.4) is 0 Å². The molecule has 1 amide bonds. The molecule has 7 nitrogen and oxygen atoms in total. The number of sulfonamides is 1. The van der Waals surface area contributed by atoms with E-state index >= 15 is 0 Å². The average molecular weight is 463 g/mol. The molecule has 0 spiro atoms. The lowest BCUT2D eigenvalue weighted by Gasteiger charge is -2.12. The van der Waals surface area contributed by atoms with Gasteiger partial charge < -0.3 is 5.32 Å². The Kier molecular flexibility index (Phi) is 5.90. The van der Waals surface area contributed by atoms with Crippen LogP contribution in [0, 0.1) is 0 Å². The molecule has 0 aromatic heterocycles. The van der Waals surface area contributed by atoms with E-state index in [0.29, 0.717) is 12.0 Å². The number of hydrogen-bond acceptors (Lipinski definition) is 5. The van der Waals surface area contributed by atoms with E-state index in [1.807, 2.05) is 0 Å². The zero-order valence-electron chi connectivity index (χ0n) is 14.4. The second-order valence-corrected chi connectivity index (χ2v) is 11.1. The van der Waals surface area contributed by atoms with E-state index in [2.05, 4.69) is 10.0 Å². The minimum Gasteiger partial charge on any atom is -0.348 e. The molecule has 0 bridgehead atoms. The number of halogens is 2. The molecule has 1 saturated heterocycles. The fraction of sp³-hybridized carbons (Fsp3) is 0.235. The number of hydrogen-bond donors (Lipinski definition) is 2. The van der Waals surface area contributed by atoms with Crippen LogP contribution in [0.1, 0.15) is 16.8 Å². The van der Waals surface area contributed by atoms with Crippen LogP contribution in [0.25, 0.3) is 0 Å². The van der Waals surface area contributed by atoms with Gasteiger partial charge in [-0.2, -0.15) is 0 Å². The molecule has 0 unspecified atom stereocenters. The summed E-state index contributed by atoms with van der Waals surface area (Å²) in [5, 5.41) is 3.03.